The molecule has 0 aromatic carbocycles. The van der Waals surface area contributed by atoms with Gasteiger partial charge in [-0.3, -0.25) is 9.59 Å². The van der Waals surface area contributed by atoms with Gasteiger partial charge in [-0.15, -0.1) is 0 Å². The highest BCUT2D eigenvalue weighted by molar-refractivity contribution is 5.89. The molecule has 0 bridgehead atoms. The lowest BCUT2D eigenvalue weighted by atomic mass is 10.2. The molecule has 62 valence electrons. The standard InChI is InChI=1S/C7H7N3O2/c8-6-4(2-11)1-5(3-12)7(9)10-6/h1-3H,(H4,8,9,10). The van der Waals surface area contributed by atoms with E-state index in [2.05, 4.69) is 4.98 Å². The van der Waals surface area contributed by atoms with E-state index in [1.54, 1.807) is 0 Å². The first-order valence-corrected chi connectivity index (χ1v) is 3.15. The molecule has 0 unspecified atom stereocenters. The molecule has 0 aliphatic carbocycles. The molecule has 0 amide bonds. The summed E-state index contributed by atoms with van der Waals surface area (Å²) in [6, 6.07) is 1.30. The maximum atomic E-state index is 10.3. The summed E-state index contributed by atoms with van der Waals surface area (Å²) in [6.45, 7) is 0. The van der Waals surface area contributed by atoms with E-state index >= 15 is 0 Å². The Bertz CT molecular complexity index is 306. The highest BCUT2D eigenvalue weighted by Crippen LogP contribution is 2.13. The molecule has 1 aromatic rings. The lowest BCUT2D eigenvalue weighted by Crippen LogP contribution is -2.04. The van der Waals surface area contributed by atoms with Gasteiger partial charge in [-0.2, -0.15) is 0 Å². The first kappa shape index (κ1) is 8.19. The van der Waals surface area contributed by atoms with Crippen LogP contribution in [0.1, 0.15) is 20.7 Å². The van der Waals surface area contributed by atoms with Gasteiger partial charge in [-0.1, -0.05) is 0 Å². The number of aromatic nitrogens is 1. The second-order valence-corrected chi connectivity index (χ2v) is 2.17. The lowest BCUT2D eigenvalue weighted by molar-refractivity contribution is 0.112. The third kappa shape index (κ3) is 1.24. The molecule has 1 heterocycles. The summed E-state index contributed by atoms with van der Waals surface area (Å²) in [5.74, 6) is 0.0706. The average molecular weight is 165 g/mol. The molecule has 0 fully saturated rings. The Labute approximate surface area is 68.4 Å². The summed E-state index contributed by atoms with van der Waals surface area (Å²) in [6.07, 6.45) is 1.05. The van der Waals surface area contributed by atoms with Crippen LogP contribution in [0.4, 0.5) is 11.6 Å². The van der Waals surface area contributed by atoms with Gasteiger partial charge in [0, 0.05) is 0 Å². The molecule has 12 heavy (non-hydrogen) atoms. The van der Waals surface area contributed by atoms with Crippen LogP contribution in [0.3, 0.4) is 0 Å². The second kappa shape index (κ2) is 3.00. The molecule has 0 radical (unpaired) electrons. The van der Waals surface area contributed by atoms with Gasteiger partial charge >= 0.3 is 0 Å². The summed E-state index contributed by atoms with van der Waals surface area (Å²) < 4.78 is 0. The minimum Gasteiger partial charge on any atom is -0.383 e. The zero-order valence-corrected chi connectivity index (χ0v) is 6.15. The highest BCUT2D eigenvalue weighted by Gasteiger charge is 2.05. The van der Waals surface area contributed by atoms with Crippen molar-refractivity contribution >= 4 is 24.2 Å². The number of nitrogen functional groups attached to an aromatic ring is 2. The summed E-state index contributed by atoms with van der Waals surface area (Å²) in [7, 11) is 0. The average Bonchev–Trinajstić information content (AvgIpc) is 2.05. The number of nitrogens with zero attached hydrogens (tertiary/aromatic N) is 1. The van der Waals surface area contributed by atoms with E-state index < -0.39 is 0 Å². The van der Waals surface area contributed by atoms with Crippen LogP contribution in [0.2, 0.25) is 0 Å². The molecule has 0 aliphatic heterocycles. The predicted molar refractivity (Wildman–Crippen MR) is 43.8 cm³/mol. The van der Waals surface area contributed by atoms with Crippen molar-refractivity contribution in [3.8, 4) is 0 Å². The molecule has 0 saturated carbocycles. The van der Waals surface area contributed by atoms with Crippen LogP contribution in [0, 0.1) is 0 Å². The largest absolute Gasteiger partial charge is 0.383 e. The van der Waals surface area contributed by atoms with Gasteiger partial charge in [0.2, 0.25) is 0 Å². The summed E-state index contributed by atoms with van der Waals surface area (Å²) in [4.78, 5) is 24.3. The Kier molecular flexibility index (Phi) is 2.05. The number of aldehydes is 2. The third-order valence-corrected chi connectivity index (χ3v) is 1.40. The van der Waals surface area contributed by atoms with Crippen molar-refractivity contribution in [2.45, 2.75) is 0 Å². The molecule has 5 heteroatoms. The van der Waals surface area contributed by atoms with Crippen LogP contribution in [0.25, 0.3) is 0 Å². The van der Waals surface area contributed by atoms with Crippen molar-refractivity contribution < 1.29 is 9.59 Å². The summed E-state index contributed by atoms with van der Waals surface area (Å²) >= 11 is 0. The predicted octanol–water partition coefficient (Wildman–Crippen LogP) is -0.129. The monoisotopic (exact) mass is 165 g/mol. The van der Waals surface area contributed by atoms with E-state index in [0.717, 1.165) is 0 Å². The maximum absolute atomic E-state index is 10.3. The van der Waals surface area contributed by atoms with Crippen molar-refractivity contribution in [1.82, 2.24) is 4.98 Å². The molecule has 1 aromatic heterocycles. The first-order valence-electron chi connectivity index (χ1n) is 3.15. The van der Waals surface area contributed by atoms with E-state index in [9.17, 15) is 9.59 Å². The minimum atomic E-state index is 0.0353. The van der Waals surface area contributed by atoms with Crippen LogP contribution in [-0.4, -0.2) is 17.6 Å². The molecular formula is C7H7N3O2. The molecule has 0 atom stereocenters. The number of pyridine rings is 1. The van der Waals surface area contributed by atoms with E-state index in [1.165, 1.54) is 6.07 Å². The Balaban J connectivity index is 3.36. The number of nitrogens with two attached hydrogens (primary N) is 2. The molecule has 4 N–H and O–H groups in total. The van der Waals surface area contributed by atoms with Crippen LogP contribution in [0.15, 0.2) is 6.07 Å². The molecule has 1 rings (SSSR count). The zero-order valence-electron chi connectivity index (χ0n) is 6.15. The fraction of sp³-hybridized carbons (Fsp3) is 0. The highest BCUT2D eigenvalue weighted by atomic mass is 16.1. The molecule has 5 nitrogen and oxygen atoms in total. The fourth-order valence-electron chi connectivity index (χ4n) is 0.763. The quantitative estimate of drug-likeness (QED) is 0.594. The van der Waals surface area contributed by atoms with E-state index in [0.29, 0.717) is 12.6 Å². The van der Waals surface area contributed by atoms with Gasteiger partial charge in [0.1, 0.15) is 11.6 Å². The number of hydrogen-bond acceptors (Lipinski definition) is 5. The third-order valence-electron chi connectivity index (χ3n) is 1.40. The second-order valence-electron chi connectivity index (χ2n) is 2.17. The topological polar surface area (TPSA) is 99.1 Å². The Hall–Kier alpha value is -1.91. The number of hydrogen-bond donors (Lipinski definition) is 2. The van der Waals surface area contributed by atoms with Gasteiger partial charge in [-0.25, -0.2) is 4.98 Å². The van der Waals surface area contributed by atoms with Crippen LogP contribution < -0.4 is 11.5 Å². The number of rotatable bonds is 2. The van der Waals surface area contributed by atoms with Crippen molar-refractivity contribution in [2.75, 3.05) is 11.5 Å². The van der Waals surface area contributed by atoms with Crippen molar-refractivity contribution in [2.24, 2.45) is 0 Å². The first-order chi connectivity index (χ1) is 5.69. The molecule has 0 saturated heterocycles. The normalized spacial score (nSPS) is 9.33. The van der Waals surface area contributed by atoms with Crippen molar-refractivity contribution in [1.29, 1.82) is 0 Å². The number of carbonyl (C=O) groups is 2. The smallest absolute Gasteiger partial charge is 0.153 e. The SMILES string of the molecule is Nc1nc(N)c(C=O)cc1C=O. The maximum Gasteiger partial charge on any atom is 0.153 e. The van der Waals surface area contributed by atoms with E-state index in [-0.39, 0.29) is 22.8 Å². The van der Waals surface area contributed by atoms with Crippen LogP contribution in [0.5, 0.6) is 0 Å². The van der Waals surface area contributed by atoms with Crippen molar-refractivity contribution in [3.05, 3.63) is 17.2 Å². The molecule has 0 spiro atoms. The molecular weight excluding hydrogens is 158 g/mol. The Morgan fingerprint density at radius 2 is 1.50 bits per heavy atom. The van der Waals surface area contributed by atoms with E-state index in [1.807, 2.05) is 0 Å². The van der Waals surface area contributed by atoms with Gasteiger partial charge in [0.15, 0.2) is 12.6 Å². The number of carbonyl (C=O) groups excluding carboxylic acids is 2. The summed E-state index contributed by atoms with van der Waals surface area (Å²) in [5.41, 5.74) is 11.0. The molecule has 0 aliphatic rings. The fourth-order valence-corrected chi connectivity index (χ4v) is 0.763. The van der Waals surface area contributed by atoms with Crippen LogP contribution in [-0.2, 0) is 0 Å². The van der Waals surface area contributed by atoms with Crippen LogP contribution >= 0.6 is 0 Å². The van der Waals surface area contributed by atoms with Gasteiger partial charge < -0.3 is 11.5 Å². The van der Waals surface area contributed by atoms with Gasteiger partial charge in [0.05, 0.1) is 11.1 Å². The van der Waals surface area contributed by atoms with Gasteiger partial charge in [-0.05, 0) is 6.07 Å². The van der Waals surface area contributed by atoms with Crippen molar-refractivity contribution in [3.63, 3.8) is 0 Å². The zero-order chi connectivity index (χ0) is 9.14. The van der Waals surface area contributed by atoms with E-state index in [4.69, 9.17) is 11.5 Å². The van der Waals surface area contributed by atoms with Gasteiger partial charge in [0.25, 0.3) is 0 Å². The summed E-state index contributed by atoms with van der Waals surface area (Å²) in [5, 5.41) is 0. The lowest BCUT2D eigenvalue weighted by Gasteiger charge is -2.00. The number of anilines is 2. The Morgan fingerprint density at radius 1 is 1.08 bits per heavy atom. The minimum absolute atomic E-state index is 0.0353. The Morgan fingerprint density at radius 3 is 1.83 bits per heavy atom.